The molecular formula is C9H12BrN. The molecule has 0 spiro atoms. The molecule has 0 aliphatic carbocycles. The average Bonchev–Trinajstić information content (AvgIpc) is 2.05. The van der Waals surface area contributed by atoms with Crippen LogP contribution in [0.15, 0.2) is 24.3 Å². The van der Waals surface area contributed by atoms with Crippen LogP contribution in [0.25, 0.3) is 0 Å². The topological polar surface area (TPSA) is 12.0 Å². The first kappa shape index (κ1) is 8.60. The Balaban J connectivity index is 2.83. The van der Waals surface area contributed by atoms with Crippen molar-refractivity contribution in [1.29, 1.82) is 0 Å². The van der Waals surface area contributed by atoms with E-state index in [0.29, 0.717) is 4.83 Å². The maximum absolute atomic E-state index is 3.51. The van der Waals surface area contributed by atoms with Gasteiger partial charge in [0.1, 0.15) is 0 Å². The molecule has 0 fully saturated rings. The highest BCUT2D eigenvalue weighted by molar-refractivity contribution is 9.09. The first-order valence-corrected chi connectivity index (χ1v) is 4.57. The zero-order chi connectivity index (χ0) is 8.27. The van der Waals surface area contributed by atoms with Gasteiger partial charge in [-0.05, 0) is 24.6 Å². The lowest BCUT2D eigenvalue weighted by molar-refractivity contribution is 1.12. The predicted molar refractivity (Wildman–Crippen MR) is 53.3 cm³/mol. The molecule has 1 unspecified atom stereocenters. The van der Waals surface area contributed by atoms with E-state index in [9.17, 15) is 0 Å². The van der Waals surface area contributed by atoms with Crippen molar-refractivity contribution in [3.05, 3.63) is 29.8 Å². The number of rotatable bonds is 2. The Morgan fingerprint density at radius 2 is 1.82 bits per heavy atom. The first-order chi connectivity index (χ1) is 5.24. The molecule has 0 aromatic heterocycles. The zero-order valence-corrected chi connectivity index (χ0v) is 8.35. The van der Waals surface area contributed by atoms with E-state index in [4.69, 9.17) is 0 Å². The van der Waals surface area contributed by atoms with Gasteiger partial charge >= 0.3 is 0 Å². The van der Waals surface area contributed by atoms with Crippen molar-refractivity contribution in [2.45, 2.75) is 11.8 Å². The van der Waals surface area contributed by atoms with Gasteiger partial charge in [0.05, 0.1) is 0 Å². The van der Waals surface area contributed by atoms with E-state index in [-0.39, 0.29) is 0 Å². The van der Waals surface area contributed by atoms with Crippen LogP contribution < -0.4 is 5.32 Å². The van der Waals surface area contributed by atoms with E-state index in [2.05, 4.69) is 52.4 Å². The molecule has 0 amide bonds. The van der Waals surface area contributed by atoms with Crippen molar-refractivity contribution in [1.82, 2.24) is 0 Å². The molecule has 0 radical (unpaired) electrons. The van der Waals surface area contributed by atoms with E-state index in [1.165, 1.54) is 5.56 Å². The maximum atomic E-state index is 3.51. The monoisotopic (exact) mass is 213 g/mol. The highest BCUT2D eigenvalue weighted by Crippen LogP contribution is 2.22. The van der Waals surface area contributed by atoms with Crippen LogP contribution in [0.2, 0.25) is 0 Å². The first-order valence-electron chi connectivity index (χ1n) is 3.66. The lowest BCUT2D eigenvalue weighted by Gasteiger charge is -2.04. The van der Waals surface area contributed by atoms with Crippen molar-refractivity contribution in [3.8, 4) is 0 Å². The number of halogens is 1. The maximum Gasteiger partial charge on any atom is 0.0367 e. The molecular weight excluding hydrogens is 202 g/mol. The van der Waals surface area contributed by atoms with Crippen LogP contribution in [0.3, 0.4) is 0 Å². The number of hydrogen-bond donors (Lipinski definition) is 1. The smallest absolute Gasteiger partial charge is 0.0367 e. The Hall–Kier alpha value is -0.500. The minimum atomic E-state index is 0.438. The Bertz CT molecular complexity index is 216. The third-order valence-electron chi connectivity index (χ3n) is 1.66. The molecule has 1 aromatic rings. The minimum Gasteiger partial charge on any atom is -0.388 e. The zero-order valence-electron chi connectivity index (χ0n) is 6.76. The second kappa shape index (κ2) is 3.77. The molecule has 1 atom stereocenters. The minimum absolute atomic E-state index is 0.438. The fourth-order valence-corrected chi connectivity index (χ4v) is 1.22. The molecule has 0 bridgehead atoms. The van der Waals surface area contributed by atoms with Crippen LogP contribution in [0.1, 0.15) is 17.3 Å². The van der Waals surface area contributed by atoms with Gasteiger partial charge in [-0.2, -0.15) is 0 Å². The lowest BCUT2D eigenvalue weighted by atomic mass is 10.1. The number of anilines is 1. The summed E-state index contributed by atoms with van der Waals surface area (Å²) in [4.78, 5) is 0.438. The lowest BCUT2D eigenvalue weighted by Crippen LogP contribution is -1.88. The normalized spacial score (nSPS) is 12.6. The van der Waals surface area contributed by atoms with Crippen LogP contribution in [-0.4, -0.2) is 7.05 Å². The predicted octanol–water partition coefficient (Wildman–Crippen LogP) is 3.18. The molecule has 0 aliphatic heterocycles. The fourth-order valence-electron chi connectivity index (χ4n) is 0.915. The van der Waals surface area contributed by atoms with Crippen LogP contribution in [-0.2, 0) is 0 Å². The summed E-state index contributed by atoms with van der Waals surface area (Å²) in [5, 5.41) is 3.08. The van der Waals surface area contributed by atoms with Gasteiger partial charge in [0, 0.05) is 17.6 Å². The molecule has 2 heteroatoms. The van der Waals surface area contributed by atoms with E-state index >= 15 is 0 Å². The van der Waals surface area contributed by atoms with Crippen LogP contribution in [0.5, 0.6) is 0 Å². The second-order valence-electron chi connectivity index (χ2n) is 2.49. The summed E-state index contributed by atoms with van der Waals surface area (Å²) in [6.07, 6.45) is 0. The molecule has 1 rings (SSSR count). The summed E-state index contributed by atoms with van der Waals surface area (Å²) in [6, 6.07) is 8.39. The van der Waals surface area contributed by atoms with Gasteiger partial charge in [-0.15, -0.1) is 0 Å². The van der Waals surface area contributed by atoms with E-state index in [0.717, 1.165) is 5.69 Å². The molecule has 60 valence electrons. The fraction of sp³-hybridized carbons (Fsp3) is 0.333. The summed E-state index contributed by atoms with van der Waals surface area (Å²) >= 11 is 3.51. The molecule has 0 saturated carbocycles. The van der Waals surface area contributed by atoms with E-state index in [1.807, 2.05) is 7.05 Å². The van der Waals surface area contributed by atoms with Crippen LogP contribution in [0, 0.1) is 0 Å². The van der Waals surface area contributed by atoms with Gasteiger partial charge in [-0.1, -0.05) is 28.1 Å². The third kappa shape index (κ3) is 2.22. The molecule has 11 heavy (non-hydrogen) atoms. The van der Waals surface area contributed by atoms with Crippen molar-refractivity contribution in [2.24, 2.45) is 0 Å². The van der Waals surface area contributed by atoms with Crippen LogP contribution >= 0.6 is 15.9 Å². The highest BCUT2D eigenvalue weighted by atomic mass is 79.9. The molecule has 0 aliphatic rings. The summed E-state index contributed by atoms with van der Waals surface area (Å²) in [7, 11) is 1.92. The number of alkyl halides is 1. The second-order valence-corrected chi connectivity index (χ2v) is 3.86. The largest absolute Gasteiger partial charge is 0.388 e. The van der Waals surface area contributed by atoms with Crippen LogP contribution in [0.4, 0.5) is 5.69 Å². The van der Waals surface area contributed by atoms with Gasteiger partial charge in [0.15, 0.2) is 0 Å². The molecule has 0 heterocycles. The standard InChI is InChI=1S/C9H12BrN/c1-7(10)8-3-5-9(11-2)6-4-8/h3-7,11H,1-2H3. The SMILES string of the molecule is CNc1ccc(C(C)Br)cc1. The quantitative estimate of drug-likeness (QED) is 0.745. The third-order valence-corrected chi connectivity index (χ3v) is 2.19. The van der Waals surface area contributed by atoms with E-state index in [1.54, 1.807) is 0 Å². The molecule has 1 N–H and O–H groups in total. The van der Waals surface area contributed by atoms with Gasteiger partial charge in [-0.3, -0.25) is 0 Å². The van der Waals surface area contributed by atoms with Gasteiger partial charge in [0.2, 0.25) is 0 Å². The van der Waals surface area contributed by atoms with Crippen molar-refractivity contribution in [3.63, 3.8) is 0 Å². The van der Waals surface area contributed by atoms with E-state index < -0.39 is 0 Å². The summed E-state index contributed by atoms with van der Waals surface area (Å²) in [5.74, 6) is 0. The summed E-state index contributed by atoms with van der Waals surface area (Å²) in [5.41, 5.74) is 2.46. The van der Waals surface area contributed by atoms with Crippen molar-refractivity contribution in [2.75, 3.05) is 12.4 Å². The molecule has 1 nitrogen and oxygen atoms in total. The number of nitrogens with one attached hydrogen (secondary N) is 1. The van der Waals surface area contributed by atoms with Gasteiger partial charge in [0.25, 0.3) is 0 Å². The highest BCUT2D eigenvalue weighted by Gasteiger charge is 1.98. The number of hydrogen-bond acceptors (Lipinski definition) is 1. The Labute approximate surface area is 75.9 Å². The van der Waals surface area contributed by atoms with Gasteiger partial charge < -0.3 is 5.32 Å². The van der Waals surface area contributed by atoms with Crippen molar-refractivity contribution < 1.29 is 0 Å². The number of benzene rings is 1. The van der Waals surface area contributed by atoms with Crippen molar-refractivity contribution >= 4 is 21.6 Å². The van der Waals surface area contributed by atoms with Gasteiger partial charge in [-0.25, -0.2) is 0 Å². The molecule has 0 saturated heterocycles. The molecule has 1 aromatic carbocycles. The average molecular weight is 214 g/mol. The Morgan fingerprint density at radius 3 is 2.18 bits per heavy atom. The Morgan fingerprint density at radius 1 is 1.27 bits per heavy atom. The summed E-state index contributed by atoms with van der Waals surface area (Å²) in [6.45, 7) is 2.12. The summed E-state index contributed by atoms with van der Waals surface area (Å²) < 4.78 is 0. The Kier molecular flexibility index (Phi) is 2.94.